The van der Waals surface area contributed by atoms with E-state index in [1.54, 1.807) is 23.5 Å². The van der Waals surface area contributed by atoms with E-state index in [-0.39, 0.29) is 5.92 Å². The van der Waals surface area contributed by atoms with Gasteiger partial charge in [-0.3, -0.25) is 10.3 Å². The molecular weight excluding hydrogens is 420 g/mol. The minimum absolute atomic E-state index is 0.295. The summed E-state index contributed by atoms with van der Waals surface area (Å²) in [5, 5.41) is 24.9. The molecule has 1 atom stereocenters. The van der Waals surface area contributed by atoms with Gasteiger partial charge in [0.05, 0.1) is 34.0 Å². The quantitative estimate of drug-likeness (QED) is 0.454. The van der Waals surface area contributed by atoms with Gasteiger partial charge in [-0.25, -0.2) is 0 Å². The number of anilines is 2. The van der Waals surface area contributed by atoms with Crippen LogP contribution in [0.4, 0.5) is 11.4 Å². The lowest BCUT2D eigenvalue weighted by Gasteiger charge is -2.35. The van der Waals surface area contributed by atoms with Crippen molar-refractivity contribution in [3.8, 4) is 6.07 Å². The Labute approximate surface area is 188 Å². The second-order valence-corrected chi connectivity index (χ2v) is 9.48. The molecule has 0 radical (unpaired) electrons. The number of nitrogens with one attached hydrogen (secondary N) is 2. The van der Waals surface area contributed by atoms with Crippen LogP contribution in [0.5, 0.6) is 0 Å². The Kier molecular flexibility index (Phi) is 4.20. The third-order valence-corrected chi connectivity index (χ3v) is 7.91. The molecule has 2 N–H and O–H groups in total. The number of amidine groups is 1. The van der Waals surface area contributed by atoms with Gasteiger partial charge in [0, 0.05) is 15.4 Å². The monoisotopic (exact) mass is 436 g/mol. The molecule has 148 valence electrons. The van der Waals surface area contributed by atoms with Gasteiger partial charge in [0.2, 0.25) is 0 Å². The standard InChI is InChI=1S/C25H16N4S2/c26-14-16-21(15-8-2-1-3-9-15)22(24-28-17-10-4-6-12-19(17)30-24)23(27)29-18-11-5-7-13-20(18)31-25(16)29/h1-13,21,27-28H/t21-/m1/s1. The lowest BCUT2D eigenvalue weighted by Crippen LogP contribution is -2.37. The van der Waals surface area contributed by atoms with Gasteiger partial charge >= 0.3 is 0 Å². The topological polar surface area (TPSA) is 62.9 Å². The van der Waals surface area contributed by atoms with Crippen LogP contribution in [0.15, 0.2) is 110 Å². The second-order valence-electron chi connectivity index (χ2n) is 7.39. The van der Waals surface area contributed by atoms with E-state index in [9.17, 15) is 10.7 Å². The molecule has 0 aliphatic carbocycles. The Hall–Kier alpha value is -3.40. The van der Waals surface area contributed by atoms with Crippen molar-refractivity contribution in [2.45, 2.75) is 15.7 Å². The summed E-state index contributed by atoms with van der Waals surface area (Å²) in [7, 11) is 0. The van der Waals surface area contributed by atoms with Gasteiger partial charge in [-0.05, 0) is 29.8 Å². The maximum absolute atomic E-state index is 10.3. The van der Waals surface area contributed by atoms with Gasteiger partial charge in [-0.1, -0.05) is 78.1 Å². The van der Waals surface area contributed by atoms with E-state index in [2.05, 4.69) is 23.5 Å². The molecule has 3 aliphatic rings. The molecule has 0 saturated carbocycles. The van der Waals surface area contributed by atoms with Crippen LogP contribution < -0.4 is 10.2 Å². The van der Waals surface area contributed by atoms with Crippen molar-refractivity contribution < 1.29 is 0 Å². The van der Waals surface area contributed by atoms with Crippen LogP contribution in [0.3, 0.4) is 0 Å². The van der Waals surface area contributed by atoms with Gasteiger partial charge < -0.3 is 5.32 Å². The molecule has 0 unspecified atom stereocenters. The van der Waals surface area contributed by atoms with Crippen molar-refractivity contribution in [1.29, 1.82) is 10.7 Å². The van der Waals surface area contributed by atoms with Crippen LogP contribution in [0, 0.1) is 16.7 Å². The number of para-hydroxylation sites is 2. The fourth-order valence-corrected chi connectivity index (χ4v) is 6.53. The van der Waals surface area contributed by atoms with Crippen molar-refractivity contribution in [3.63, 3.8) is 0 Å². The smallest absolute Gasteiger partial charge is 0.137 e. The number of benzene rings is 3. The average Bonchev–Trinajstić information content (AvgIpc) is 3.41. The van der Waals surface area contributed by atoms with E-state index in [1.807, 2.05) is 71.6 Å². The van der Waals surface area contributed by atoms with Crippen LogP contribution in [0.1, 0.15) is 11.5 Å². The maximum atomic E-state index is 10.3. The first-order valence-electron chi connectivity index (χ1n) is 9.89. The third-order valence-electron chi connectivity index (χ3n) is 5.65. The van der Waals surface area contributed by atoms with E-state index in [4.69, 9.17) is 0 Å². The molecule has 3 aliphatic heterocycles. The molecule has 0 fully saturated rings. The van der Waals surface area contributed by atoms with E-state index in [0.717, 1.165) is 42.4 Å². The summed E-state index contributed by atoms with van der Waals surface area (Å²) in [5.74, 6) is 0.124. The van der Waals surface area contributed by atoms with Crippen LogP contribution in [-0.4, -0.2) is 5.84 Å². The van der Waals surface area contributed by atoms with Crippen LogP contribution >= 0.6 is 23.5 Å². The number of hydrogen-bond acceptors (Lipinski definition) is 5. The Morgan fingerprint density at radius 2 is 1.58 bits per heavy atom. The largest absolute Gasteiger partial charge is 0.349 e. The first kappa shape index (κ1) is 18.4. The molecule has 3 aromatic carbocycles. The average molecular weight is 437 g/mol. The zero-order valence-electron chi connectivity index (χ0n) is 16.3. The number of hydrogen-bond donors (Lipinski definition) is 2. The number of allylic oxidation sites excluding steroid dienone is 1. The molecule has 0 aromatic heterocycles. The lowest BCUT2D eigenvalue weighted by molar-refractivity contribution is 0.939. The fraction of sp³-hybridized carbons (Fsp3) is 0.0400. The predicted octanol–water partition coefficient (Wildman–Crippen LogP) is 6.54. The zero-order chi connectivity index (χ0) is 20.9. The van der Waals surface area contributed by atoms with Gasteiger partial charge in [-0.15, -0.1) is 0 Å². The molecule has 4 nitrogen and oxygen atoms in total. The van der Waals surface area contributed by atoms with Crippen molar-refractivity contribution >= 4 is 40.7 Å². The number of thioether (sulfide) groups is 2. The van der Waals surface area contributed by atoms with Crippen molar-refractivity contribution in [1.82, 2.24) is 0 Å². The number of nitriles is 1. The Morgan fingerprint density at radius 1 is 0.871 bits per heavy atom. The molecule has 6 heteroatoms. The molecule has 0 saturated heterocycles. The molecule has 0 amide bonds. The Morgan fingerprint density at radius 3 is 2.35 bits per heavy atom. The number of nitrogens with zero attached hydrogens (tertiary/aromatic N) is 2. The summed E-state index contributed by atoms with van der Waals surface area (Å²) in [5.41, 5.74) is 4.55. The van der Waals surface area contributed by atoms with E-state index >= 15 is 0 Å². The Bertz CT molecular complexity index is 1320. The van der Waals surface area contributed by atoms with Crippen molar-refractivity contribution in [2.75, 3.05) is 10.2 Å². The molecule has 3 heterocycles. The first-order valence-corrected chi connectivity index (χ1v) is 11.5. The summed E-state index contributed by atoms with van der Waals surface area (Å²) in [6.07, 6.45) is 0. The highest BCUT2D eigenvalue weighted by molar-refractivity contribution is 8.04. The minimum Gasteiger partial charge on any atom is -0.349 e. The fourth-order valence-electron chi connectivity index (χ4n) is 4.28. The summed E-state index contributed by atoms with van der Waals surface area (Å²) >= 11 is 3.21. The van der Waals surface area contributed by atoms with Crippen LogP contribution in [0.2, 0.25) is 0 Å². The van der Waals surface area contributed by atoms with Gasteiger partial charge in [0.15, 0.2) is 0 Å². The van der Waals surface area contributed by atoms with Gasteiger partial charge in [-0.2, -0.15) is 5.26 Å². The summed E-state index contributed by atoms with van der Waals surface area (Å²) in [6.45, 7) is 0. The highest BCUT2D eigenvalue weighted by Crippen LogP contribution is 2.56. The summed E-state index contributed by atoms with van der Waals surface area (Å²) in [6, 6.07) is 28.8. The summed E-state index contributed by atoms with van der Waals surface area (Å²) < 4.78 is 0. The van der Waals surface area contributed by atoms with E-state index in [0.29, 0.717) is 11.4 Å². The van der Waals surface area contributed by atoms with Gasteiger partial charge in [0.25, 0.3) is 0 Å². The summed E-state index contributed by atoms with van der Waals surface area (Å²) in [4.78, 5) is 4.14. The van der Waals surface area contributed by atoms with E-state index < -0.39 is 0 Å². The lowest BCUT2D eigenvalue weighted by atomic mass is 9.82. The third kappa shape index (κ3) is 2.74. The Balaban J connectivity index is 1.61. The SMILES string of the molecule is N#CC1=C2Sc3ccccc3N2C(=N)C(=C2Nc3ccccc3S2)[C@@H]1c1ccccc1. The maximum Gasteiger partial charge on any atom is 0.137 e. The highest BCUT2D eigenvalue weighted by atomic mass is 32.2. The number of fused-ring (bicyclic) bond motifs is 4. The van der Waals surface area contributed by atoms with Gasteiger partial charge in [0.1, 0.15) is 10.9 Å². The molecule has 3 aromatic rings. The highest BCUT2D eigenvalue weighted by Gasteiger charge is 2.44. The minimum atomic E-state index is -0.295. The molecule has 0 spiro atoms. The van der Waals surface area contributed by atoms with Crippen LogP contribution in [0.25, 0.3) is 0 Å². The second kappa shape index (κ2) is 7.09. The van der Waals surface area contributed by atoms with Crippen molar-refractivity contribution in [2.24, 2.45) is 0 Å². The normalized spacial score (nSPS) is 21.3. The molecule has 6 rings (SSSR count). The molecular formula is C25H16N4S2. The van der Waals surface area contributed by atoms with Crippen LogP contribution in [-0.2, 0) is 0 Å². The van der Waals surface area contributed by atoms with E-state index in [1.165, 1.54) is 0 Å². The first-order chi connectivity index (χ1) is 15.3. The molecule has 31 heavy (non-hydrogen) atoms. The molecule has 0 bridgehead atoms. The zero-order valence-corrected chi connectivity index (χ0v) is 17.9. The van der Waals surface area contributed by atoms with Crippen molar-refractivity contribution in [3.05, 3.63) is 106 Å². The predicted molar refractivity (Wildman–Crippen MR) is 127 cm³/mol. The number of rotatable bonds is 1.